The fraction of sp³-hybridized carbons (Fsp3) is 0.333. The number of hydrogen-bond donors (Lipinski definition) is 2. The minimum absolute atomic E-state index is 0.0106. The van der Waals surface area contributed by atoms with E-state index in [1.807, 2.05) is 0 Å². The topological polar surface area (TPSA) is 81.6 Å². The Morgan fingerprint density at radius 1 is 1.22 bits per heavy atom. The maximum atomic E-state index is 13.9. The van der Waals surface area contributed by atoms with Gasteiger partial charge in [-0.3, -0.25) is 9.20 Å². The smallest absolute Gasteiger partial charge is 0.407 e. The van der Waals surface area contributed by atoms with E-state index in [2.05, 4.69) is 10.3 Å². The Balaban J connectivity index is 1.91. The van der Waals surface area contributed by atoms with Gasteiger partial charge in [0.2, 0.25) is 0 Å². The van der Waals surface area contributed by atoms with Crippen molar-refractivity contribution in [1.29, 1.82) is 0 Å². The quantitative estimate of drug-likeness (QED) is 0.553. The van der Waals surface area contributed by atoms with E-state index in [4.69, 9.17) is 10.5 Å². The van der Waals surface area contributed by atoms with Gasteiger partial charge in [0.25, 0.3) is 5.91 Å². The molecule has 0 saturated carbocycles. The number of nitrogens with one attached hydrogen (secondary N) is 1. The monoisotopic (exact) mass is 456 g/mol. The molecule has 0 aliphatic rings. The summed E-state index contributed by atoms with van der Waals surface area (Å²) in [5.41, 5.74) is 3.37. The number of nitrogens with two attached hydrogens (primary N) is 1. The minimum Gasteiger partial charge on any atom is -0.485 e. The number of amides is 1. The summed E-state index contributed by atoms with van der Waals surface area (Å²) in [5, 5.41) is 2.19. The third-order valence-corrected chi connectivity index (χ3v) is 4.91. The van der Waals surface area contributed by atoms with Gasteiger partial charge in [-0.15, -0.1) is 0 Å². The highest BCUT2D eigenvalue weighted by atomic mass is 19.4. The van der Waals surface area contributed by atoms with Gasteiger partial charge in [-0.25, -0.2) is 13.8 Å². The zero-order valence-corrected chi connectivity index (χ0v) is 17.5. The number of alkyl halides is 3. The standard InChI is InChI=1S/C21H21F5N4O2/c1-11-7-16(32-9-13-14(22)5-4-6-15(13)23)18-29-12(2)17(30(18)8-11)19(31)28-10-20(3,27)21(24,25)26/h4-8H,9-10,27H2,1-3H3,(H,28,31). The molecule has 1 atom stereocenters. The van der Waals surface area contributed by atoms with Crippen molar-refractivity contribution >= 4 is 11.6 Å². The van der Waals surface area contributed by atoms with Crippen LogP contribution >= 0.6 is 0 Å². The highest BCUT2D eigenvalue weighted by molar-refractivity contribution is 5.95. The molecule has 0 aliphatic carbocycles. The van der Waals surface area contributed by atoms with E-state index in [-0.39, 0.29) is 28.3 Å². The molecule has 11 heteroatoms. The van der Waals surface area contributed by atoms with Crippen molar-refractivity contribution in [3.8, 4) is 5.75 Å². The maximum Gasteiger partial charge on any atom is 0.407 e. The number of carbonyl (C=O) groups excluding carboxylic acids is 1. The van der Waals surface area contributed by atoms with E-state index in [1.165, 1.54) is 17.4 Å². The van der Waals surface area contributed by atoms with Gasteiger partial charge in [0.05, 0.1) is 11.3 Å². The number of halogens is 5. The summed E-state index contributed by atoms with van der Waals surface area (Å²) in [7, 11) is 0. The molecule has 0 radical (unpaired) electrons. The number of rotatable bonds is 6. The number of ether oxygens (including phenoxy) is 1. The van der Waals surface area contributed by atoms with Crippen LogP contribution in [0.1, 0.15) is 34.2 Å². The van der Waals surface area contributed by atoms with E-state index in [9.17, 15) is 26.7 Å². The number of nitrogens with zero attached hydrogens (tertiary/aromatic N) is 2. The lowest BCUT2D eigenvalue weighted by Crippen LogP contribution is -2.58. The highest BCUT2D eigenvalue weighted by Gasteiger charge is 2.48. The zero-order valence-electron chi connectivity index (χ0n) is 17.5. The predicted molar refractivity (Wildman–Crippen MR) is 106 cm³/mol. The SMILES string of the molecule is Cc1cc(OCc2c(F)cccc2F)c2nc(C)c(C(=O)NCC(C)(N)C(F)(F)F)n2c1. The Morgan fingerprint density at radius 2 is 1.84 bits per heavy atom. The first-order valence-electron chi connectivity index (χ1n) is 9.50. The summed E-state index contributed by atoms with van der Waals surface area (Å²) >= 11 is 0. The molecule has 3 rings (SSSR count). The molecule has 1 unspecified atom stereocenters. The largest absolute Gasteiger partial charge is 0.485 e. The summed E-state index contributed by atoms with van der Waals surface area (Å²) in [5.74, 6) is -2.22. The van der Waals surface area contributed by atoms with Crippen LogP contribution in [-0.4, -0.2) is 33.6 Å². The normalized spacial score (nSPS) is 13.8. The van der Waals surface area contributed by atoms with Crippen LogP contribution < -0.4 is 15.8 Å². The van der Waals surface area contributed by atoms with Gasteiger partial charge in [-0.1, -0.05) is 6.07 Å². The summed E-state index contributed by atoms with van der Waals surface area (Å²) in [6.45, 7) is 2.69. The molecule has 1 aromatic carbocycles. The Morgan fingerprint density at radius 3 is 2.44 bits per heavy atom. The average Bonchev–Trinajstić information content (AvgIpc) is 3.00. The van der Waals surface area contributed by atoms with Gasteiger partial charge in [-0.2, -0.15) is 13.2 Å². The maximum absolute atomic E-state index is 13.9. The zero-order chi connectivity index (χ0) is 23.8. The Labute approximate surface area is 180 Å². The minimum atomic E-state index is -4.71. The second-order valence-corrected chi connectivity index (χ2v) is 7.71. The lowest BCUT2D eigenvalue weighted by Gasteiger charge is -2.27. The van der Waals surface area contributed by atoms with Gasteiger partial charge < -0.3 is 15.8 Å². The Kier molecular flexibility index (Phi) is 6.14. The van der Waals surface area contributed by atoms with Crippen LogP contribution in [0.25, 0.3) is 5.65 Å². The first kappa shape index (κ1) is 23.5. The lowest BCUT2D eigenvalue weighted by atomic mass is 10.0. The number of aryl methyl sites for hydroxylation is 2. The molecule has 3 aromatic rings. The number of imidazole rings is 1. The molecule has 3 N–H and O–H groups in total. The average molecular weight is 456 g/mol. The number of aromatic nitrogens is 2. The third-order valence-electron chi connectivity index (χ3n) is 4.91. The molecule has 0 fully saturated rings. The fourth-order valence-corrected chi connectivity index (χ4v) is 3.01. The number of hydrogen-bond acceptors (Lipinski definition) is 4. The second-order valence-electron chi connectivity index (χ2n) is 7.71. The van der Waals surface area contributed by atoms with Crippen LogP contribution in [0.3, 0.4) is 0 Å². The predicted octanol–water partition coefficient (Wildman–Crippen LogP) is 3.82. The third kappa shape index (κ3) is 4.52. The molecule has 0 saturated heterocycles. The van der Waals surface area contributed by atoms with Gasteiger partial charge >= 0.3 is 6.18 Å². The molecular formula is C21H21F5N4O2. The highest BCUT2D eigenvalue weighted by Crippen LogP contribution is 2.28. The van der Waals surface area contributed by atoms with Crippen molar-refractivity contribution in [2.45, 2.75) is 39.1 Å². The molecule has 0 aliphatic heterocycles. The van der Waals surface area contributed by atoms with Crippen LogP contribution in [0.2, 0.25) is 0 Å². The first-order chi connectivity index (χ1) is 14.8. The molecule has 6 nitrogen and oxygen atoms in total. The van der Waals surface area contributed by atoms with E-state index in [0.717, 1.165) is 19.1 Å². The number of fused-ring (bicyclic) bond motifs is 1. The summed E-state index contributed by atoms with van der Waals surface area (Å²) in [6.07, 6.45) is -3.17. The molecule has 2 aromatic heterocycles. The van der Waals surface area contributed by atoms with Crippen molar-refractivity contribution in [2.24, 2.45) is 5.73 Å². The van der Waals surface area contributed by atoms with E-state index in [0.29, 0.717) is 5.56 Å². The molecule has 0 spiro atoms. The first-order valence-corrected chi connectivity index (χ1v) is 9.50. The van der Waals surface area contributed by atoms with Crippen LogP contribution in [-0.2, 0) is 6.61 Å². The van der Waals surface area contributed by atoms with Crippen molar-refractivity contribution < 1.29 is 31.5 Å². The van der Waals surface area contributed by atoms with Crippen LogP contribution in [0.15, 0.2) is 30.5 Å². The van der Waals surface area contributed by atoms with Gasteiger partial charge in [-0.05, 0) is 44.5 Å². The molecule has 1 amide bonds. The fourth-order valence-electron chi connectivity index (χ4n) is 3.01. The van der Waals surface area contributed by atoms with E-state index in [1.54, 1.807) is 19.2 Å². The Bertz CT molecular complexity index is 1150. The van der Waals surface area contributed by atoms with Crippen LogP contribution in [0.4, 0.5) is 22.0 Å². The molecule has 2 heterocycles. The van der Waals surface area contributed by atoms with E-state index < -0.39 is 42.4 Å². The number of benzene rings is 1. The number of pyridine rings is 1. The molecule has 32 heavy (non-hydrogen) atoms. The Hall–Kier alpha value is -3.21. The van der Waals surface area contributed by atoms with Crippen molar-refractivity contribution in [2.75, 3.05) is 6.54 Å². The van der Waals surface area contributed by atoms with E-state index >= 15 is 0 Å². The van der Waals surface area contributed by atoms with Gasteiger partial charge in [0, 0.05) is 12.7 Å². The summed E-state index contributed by atoms with van der Waals surface area (Å²) < 4.78 is 73.7. The number of carbonyl (C=O) groups is 1. The molecule has 172 valence electrons. The van der Waals surface area contributed by atoms with Gasteiger partial charge in [0.1, 0.15) is 29.5 Å². The van der Waals surface area contributed by atoms with Crippen LogP contribution in [0.5, 0.6) is 5.75 Å². The summed E-state index contributed by atoms with van der Waals surface area (Å²) in [4.78, 5) is 16.9. The van der Waals surface area contributed by atoms with Gasteiger partial charge in [0.15, 0.2) is 11.4 Å². The van der Waals surface area contributed by atoms with Crippen molar-refractivity contribution in [3.05, 3.63) is 64.6 Å². The lowest BCUT2D eigenvalue weighted by molar-refractivity contribution is -0.178. The summed E-state index contributed by atoms with van der Waals surface area (Å²) in [6, 6.07) is 5.00. The van der Waals surface area contributed by atoms with Crippen molar-refractivity contribution in [3.63, 3.8) is 0 Å². The molecule has 0 bridgehead atoms. The molecular weight excluding hydrogens is 435 g/mol. The van der Waals surface area contributed by atoms with Crippen LogP contribution in [0, 0.1) is 25.5 Å². The van der Waals surface area contributed by atoms with Crippen molar-refractivity contribution in [1.82, 2.24) is 14.7 Å². The second kappa shape index (κ2) is 8.38.